The van der Waals surface area contributed by atoms with Gasteiger partial charge in [0.25, 0.3) is 0 Å². The Bertz CT molecular complexity index is 389. The summed E-state index contributed by atoms with van der Waals surface area (Å²) in [7, 11) is 0. The van der Waals surface area contributed by atoms with Crippen LogP contribution >= 0.6 is 11.6 Å². The monoisotopic (exact) mass is 276 g/mol. The summed E-state index contributed by atoms with van der Waals surface area (Å²) in [5, 5.41) is 47.3. The summed E-state index contributed by atoms with van der Waals surface area (Å²) in [4.78, 5) is 0. The van der Waals surface area contributed by atoms with E-state index in [9.17, 15) is 10.2 Å². The Morgan fingerprint density at radius 2 is 2.06 bits per heavy atom. The molecule has 5 N–H and O–H groups in total. The number of hydrogen-bond acceptors (Lipinski definition) is 8. The Balaban J connectivity index is 2.47. The third-order valence-corrected chi connectivity index (χ3v) is 2.17. The molecule has 100 valence electrons. The molecule has 3 atom stereocenters. The number of nitrogens with one attached hydrogen (secondary N) is 1. The van der Waals surface area contributed by atoms with Crippen molar-refractivity contribution in [2.45, 2.75) is 18.3 Å². The van der Waals surface area contributed by atoms with E-state index in [0.717, 1.165) is 6.21 Å². The van der Waals surface area contributed by atoms with Gasteiger partial charge in [-0.3, -0.25) is 5.43 Å². The molecule has 0 radical (unpaired) electrons. The maximum Gasteiger partial charge on any atom is 0.168 e. The third-order valence-electron chi connectivity index (χ3n) is 1.97. The van der Waals surface area contributed by atoms with Gasteiger partial charge in [0, 0.05) is 0 Å². The molecule has 1 heterocycles. The first kappa shape index (κ1) is 14.7. The van der Waals surface area contributed by atoms with E-state index in [-0.39, 0.29) is 5.15 Å². The first-order valence-corrected chi connectivity index (χ1v) is 5.36. The zero-order valence-electron chi connectivity index (χ0n) is 9.18. The Kier molecular flexibility index (Phi) is 5.89. The second-order valence-corrected chi connectivity index (χ2v) is 3.75. The van der Waals surface area contributed by atoms with Gasteiger partial charge in [0.2, 0.25) is 0 Å². The Labute approximate surface area is 108 Å². The summed E-state index contributed by atoms with van der Waals surface area (Å²) in [5.41, 5.74) is 2.44. The molecule has 0 bridgehead atoms. The minimum Gasteiger partial charge on any atom is -0.394 e. The van der Waals surface area contributed by atoms with Crippen LogP contribution in [0.15, 0.2) is 17.2 Å². The summed E-state index contributed by atoms with van der Waals surface area (Å²) in [5.74, 6) is 0.292. The molecule has 8 nitrogen and oxygen atoms in total. The molecule has 0 aliphatic carbocycles. The number of halogens is 1. The molecule has 0 amide bonds. The van der Waals surface area contributed by atoms with E-state index in [4.69, 9.17) is 21.8 Å². The van der Waals surface area contributed by atoms with Crippen LogP contribution < -0.4 is 5.43 Å². The predicted octanol–water partition coefficient (Wildman–Crippen LogP) is -1.40. The van der Waals surface area contributed by atoms with Crippen LogP contribution in [0.4, 0.5) is 5.82 Å². The number of hydrazone groups is 1. The summed E-state index contributed by atoms with van der Waals surface area (Å²) in [6.07, 6.45) is -3.45. The molecule has 18 heavy (non-hydrogen) atoms. The molecule has 0 aliphatic rings. The highest BCUT2D eigenvalue weighted by molar-refractivity contribution is 6.29. The molecule has 0 unspecified atom stereocenters. The van der Waals surface area contributed by atoms with E-state index < -0.39 is 24.9 Å². The minimum atomic E-state index is -1.53. The normalized spacial score (nSPS) is 16.5. The van der Waals surface area contributed by atoms with Gasteiger partial charge in [-0.05, 0) is 12.1 Å². The van der Waals surface area contributed by atoms with E-state index >= 15 is 0 Å². The maximum absolute atomic E-state index is 9.37. The average Bonchev–Trinajstić information content (AvgIpc) is 2.39. The average molecular weight is 277 g/mol. The van der Waals surface area contributed by atoms with Gasteiger partial charge in [-0.2, -0.15) is 5.10 Å². The van der Waals surface area contributed by atoms with Crippen molar-refractivity contribution < 1.29 is 20.4 Å². The molecule has 1 aromatic rings. The first-order chi connectivity index (χ1) is 8.54. The van der Waals surface area contributed by atoms with Crippen LogP contribution in [0.5, 0.6) is 0 Å². The topological polar surface area (TPSA) is 131 Å². The zero-order valence-corrected chi connectivity index (χ0v) is 9.94. The third kappa shape index (κ3) is 4.51. The number of aliphatic hydroxyl groups is 4. The van der Waals surface area contributed by atoms with Crippen LogP contribution in [-0.4, -0.2) is 61.8 Å². The lowest BCUT2D eigenvalue weighted by molar-refractivity contribution is -0.0541. The standard InChI is InChI=1S/C9H13ClN4O4/c10-7-1-2-8(14-12-7)13-11-3-5(16)9(18)6(17)4-15/h1-3,5-6,9,15-18H,4H2,(H,13,14)/b11-3+/t5-,6+,9+/m0/s1. The number of aromatic nitrogens is 2. The SMILES string of the molecule is OC[C@@H](O)[C@H](O)[C@@H](O)/C=N/Nc1ccc(Cl)nn1. The highest BCUT2D eigenvalue weighted by Gasteiger charge is 2.22. The van der Waals surface area contributed by atoms with Crippen LogP contribution in [0.1, 0.15) is 0 Å². The molecule has 0 spiro atoms. The van der Waals surface area contributed by atoms with Gasteiger partial charge in [0.05, 0.1) is 12.8 Å². The first-order valence-electron chi connectivity index (χ1n) is 4.98. The molecule has 1 rings (SSSR count). The maximum atomic E-state index is 9.37. The van der Waals surface area contributed by atoms with E-state index in [2.05, 4.69) is 20.7 Å². The second-order valence-electron chi connectivity index (χ2n) is 3.36. The predicted molar refractivity (Wildman–Crippen MR) is 64.3 cm³/mol. The molecule has 9 heteroatoms. The van der Waals surface area contributed by atoms with E-state index in [1.165, 1.54) is 12.1 Å². The van der Waals surface area contributed by atoms with Crippen LogP contribution in [0.2, 0.25) is 5.15 Å². The molecule has 0 fully saturated rings. The molecule has 0 aromatic carbocycles. The Morgan fingerprint density at radius 3 is 2.61 bits per heavy atom. The van der Waals surface area contributed by atoms with E-state index in [1.807, 2.05) is 0 Å². The summed E-state index contributed by atoms with van der Waals surface area (Å²) >= 11 is 5.52. The molecular formula is C9H13ClN4O4. The fourth-order valence-corrected chi connectivity index (χ4v) is 1.08. The van der Waals surface area contributed by atoms with Crippen LogP contribution in [0, 0.1) is 0 Å². The second kappa shape index (κ2) is 7.19. The Hall–Kier alpha value is -1.32. The van der Waals surface area contributed by atoms with Gasteiger partial charge in [-0.15, -0.1) is 10.2 Å². The van der Waals surface area contributed by atoms with Crippen LogP contribution in [0.25, 0.3) is 0 Å². The minimum absolute atomic E-state index is 0.228. The quantitative estimate of drug-likeness (QED) is 0.319. The fourth-order valence-electron chi connectivity index (χ4n) is 0.979. The molecule has 0 saturated carbocycles. The lowest BCUT2D eigenvalue weighted by Crippen LogP contribution is -2.40. The van der Waals surface area contributed by atoms with E-state index in [1.54, 1.807) is 0 Å². The van der Waals surface area contributed by atoms with E-state index in [0.29, 0.717) is 5.82 Å². The summed E-state index contributed by atoms with van der Waals surface area (Å²) in [6.45, 7) is -0.665. The lowest BCUT2D eigenvalue weighted by Gasteiger charge is -2.17. The number of hydrogen-bond donors (Lipinski definition) is 5. The zero-order chi connectivity index (χ0) is 13.5. The lowest BCUT2D eigenvalue weighted by atomic mass is 10.1. The van der Waals surface area contributed by atoms with Crippen molar-refractivity contribution in [3.8, 4) is 0 Å². The Morgan fingerprint density at radius 1 is 1.33 bits per heavy atom. The number of nitrogens with zero attached hydrogens (tertiary/aromatic N) is 3. The highest BCUT2D eigenvalue weighted by Crippen LogP contribution is 2.05. The fraction of sp³-hybridized carbons (Fsp3) is 0.444. The van der Waals surface area contributed by atoms with Gasteiger partial charge < -0.3 is 20.4 Å². The van der Waals surface area contributed by atoms with Gasteiger partial charge in [0.15, 0.2) is 11.0 Å². The molecule has 1 aromatic heterocycles. The largest absolute Gasteiger partial charge is 0.394 e. The van der Waals surface area contributed by atoms with Gasteiger partial charge in [-0.25, -0.2) is 0 Å². The summed E-state index contributed by atoms with van der Waals surface area (Å²) in [6, 6.07) is 3.01. The van der Waals surface area contributed by atoms with Gasteiger partial charge in [0.1, 0.15) is 18.3 Å². The smallest absolute Gasteiger partial charge is 0.168 e. The number of anilines is 1. The van der Waals surface area contributed by atoms with Crippen molar-refractivity contribution in [2.24, 2.45) is 5.10 Å². The van der Waals surface area contributed by atoms with Crippen LogP contribution in [-0.2, 0) is 0 Å². The van der Waals surface area contributed by atoms with Crippen molar-refractivity contribution in [1.82, 2.24) is 10.2 Å². The van der Waals surface area contributed by atoms with Crippen LogP contribution in [0.3, 0.4) is 0 Å². The molecular weight excluding hydrogens is 264 g/mol. The summed E-state index contributed by atoms with van der Waals surface area (Å²) < 4.78 is 0. The van der Waals surface area contributed by atoms with Crippen molar-refractivity contribution in [2.75, 3.05) is 12.0 Å². The highest BCUT2D eigenvalue weighted by atomic mass is 35.5. The van der Waals surface area contributed by atoms with Crippen molar-refractivity contribution >= 4 is 23.6 Å². The van der Waals surface area contributed by atoms with Crippen molar-refractivity contribution in [3.63, 3.8) is 0 Å². The molecule has 0 aliphatic heterocycles. The number of rotatable bonds is 6. The van der Waals surface area contributed by atoms with Crippen molar-refractivity contribution in [3.05, 3.63) is 17.3 Å². The van der Waals surface area contributed by atoms with Gasteiger partial charge in [-0.1, -0.05) is 11.6 Å². The number of aliphatic hydroxyl groups excluding tert-OH is 4. The molecule has 0 saturated heterocycles. The van der Waals surface area contributed by atoms with Crippen molar-refractivity contribution in [1.29, 1.82) is 0 Å². The van der Waals surface area contributed by atoms with Gasteiger partial charge >= 0.3 is 0 Å².